The van der Waals surface area contributed by atoms with E-state index in [4.69, 9.17) is 11.6 Å². The molecule has 0 atom stereocenters. The zero-order valence-electron chi connectivity index (χ0n) is 15.3. The third-order valence-corrected chi connectivity index (χ3v) is 5.91. The molecule has 0 aliphatic heterocycles. The van der Waals surface area contributed by atoms with Crippen LogP contribution in [0.25, 0.3) is 16.7 Å². The highest BCUT2D eigenvalue weighted by Crippen LogP contribution is 2.23. The van der Waals surface area contributed by atoms with E-state index in [0.717, 1.165) is 23.0 Å². The summed E-state index contributed by atoms with van der Waals surface area (Å²) in [4.78, 5) is 17.0. The lowest BCUT2D eigenvalue weighted by molar-refractivity contribution is 0.102. The molecule has 0 saturated carbocycles. The third-order valence-electron chi connectivity index (χ3n) is 4.47. The number of carbonyl (C=O) groups is 1. The maximum atomic E-state index is 12.6. The zero-order chi connectivity index (χ0) is 20.6. The summed E-state index contributed by atoms with van der Waals surface area (Å²) in [6, 6.07) is 19.1. The molecule has 146 valence electrons. The first-order chi connectivity index (χ1) is 13.8. The average Bonchev–Trinajstić information content (AvgIpc) is 3.12. The number of amides is 1. The van der Waals surface area contributed by atoms with E-state index in [0.29, 0.717) is 5.69 Å². The Hall–Kier alpha value is -3.16. The Kier molecular flexibility index (Phi) is 4.86. The lowest BCUT2D eigenvalue weighted by atomic mass is 10.2. The second-order valence-corrected chi connectivity index (χ2v) is 8.94. The van der Waals surface area contributed by atoms with Crippen molar-refractivity contribution in [3.63, 3.8) is 0 Å². The number of nitrogens with zero attached hydrogens (tertiary/aromatic N) is 2. The van der Waals surface area contributed by atoms with Crippen molar-refractivity contribution in [1.29, 1.82) is 0 Å². The van der Waals surface area contributed by atoms with E-state index in [1.54, 1.807) is 18.5 Å². The molecule has 29 heavy (non-hydrogen) atoms. The number of hydrogen-bond acceptors (Lipinski definition) is 4. The van der Waals surface area contributed by atoms with E-state index in [-0.39, 0.29) is 15.5 Å². The van der Waals surface area contributed by atoms with Crippen LogP contribution in [0.2, 0.25) is 5.02 Å². The maximum absolute atomic E-state index is 12.6. The normalized spacial score (nSPS) is 11.5. The molecule has 1 aromatic heterocycles. The van der Waals surface area contributed by atoms with E-state index in [1.807, 2.05) is 41.0 Å². The molecule has 3 aromatic carbocycles. The minimum atomic E-state index is -3.44. The van der Waals surface area contributed by atoms with Gasteiger partial charge in [0.2, 0.25) is 0 Å². The van der Waals surface area contributed by atoms with Gasteiger partial charge in [-0.2, -0.15) is 0 Å². The predicted molar refractivity (Wildman–Crippen MR) is 114 cm³/mol. The summed E-state index contributed by atoms with van der Waals surface area (Å²) in [5.41, 5.74) is 3.43. The number of halogens is 1. The Morgan fingerprint density at radius 2 is 1.76 bits per heavy atom. The van der Waals surface area contributed by atoms with Crippen molar-refractivity contribution in [2.45, 2.75) is 4.90 Å². The Labute approximate surface area is 172 Å². The predicted octanol–water partition coefficient (Wildman–Crippen LogP) is 4.33. The monoisotopic (exact) mass is 425 g/mol. The molecule has 0 fully saturated rings. The number of benzene rings is 3. The van der Waals surface area contributed by atoms with Gasteiger partial charge in [-0.25, -0.2) is 13.4 Å². The van der Waals surface area contributed by atoms with Gasteiger partial charge in [-0.3, -0.25) is 9.36 Å². The summed E-state index contributed by atoms with van der Waals surface area (Å²) in [6.45, 7) is 0. The second-order valence-electron chi connectivity index (χ2n) is 6.52. The van der Waals surface area contributed by atoms with Crippen molar-refractivity contribution >= 4 is 44.1 Å². The van der Waals surface area contributed by atoms with Crippen LogP contribution in [0.5, 0.6) is 0 Å². The number of carbonyl (C=O) groups excluding carboxylic acids is 1. The Balaban J connectivity index is 1.59. The van der Waals surface area contributed by atoms with Crippen molar-refractivity contribution < 1.29 is 13.2 Å². The summed E-state index contributed by atoms with van der Waals surface area (Å²) in [5, 5.41) is 2.92. The smallest absolute Gasteiger partial charge is 0.257 e. The molecule has 1 N–H and O–H groups in total. The van der Waals surface area contributed by atoms with Gasteiger partial charge in [0.25, 0.3) is 5.91 Å². The van der Waals surface area contributed by atoms with Gasteiger partial charge >= 0.3 is 0 Å². The first kappa shape index (κ1) is 19.2. The first-order valence-corrected chi connectivity index (χ1v) is 10.9. The van der Waals surface area contributed by atoms with Crippen LogP contribution in [0.4, 0.5) is 5.69 Å². The molecule has 0 radical (unpaired) electrons. The van der Waals surface area contributed by atoms with Crippen LogP contribution in [0.15, 0.2) is 78.0 Å². The quantitative estimate of drug-likeness (QED) is 0.527. The highest BCUT2D eigenvalue weighted by Gasteiger charge is 2.16. The molecule has 8 heteroatoms. The van der Waals surface area contributed by atoms with Crippen molar-refractivity contribution in [2.75, 3.05) is 11.6 Å². The molecule has 0 aliphatic carbocycles. The van der Waals surface area contributed by atoms with Crippen molar-refractivity contribution in [3.8, 4) is 5.69 Å². The van der Waals surface area contributed by atoms with Gasteiger partial charge in [0.15, 0.2) is 9.84 Å². The van der Waals surface area contributed by atoms with Gasteiger partial charge in [-0.1, -0.05) is 23.7 Å². The summed E-state index contributed by atoms with van der Waals surface area (Å²) in [5.74, 6) is -0.485. The van der Waals surface area contributed by atoms with Crippen LogP contribution < -0.4 is 5.32 Å². The molecule has 0 bridgehead atoms. The molecule has 4 rings (SSSR count). The van der Waals surface area contributed by atoms with Gasteiger partial charge in [0.05, 0.1) is 26.5 Å². The summed E-state index contributed by atoms with van der Waals surface area (Å²) in [7, 11) is -3.44. The number of aromatic nitrogens is 2. The molecule has 0 saturated heterocycles. The van der Waals surface area contributed by atoms with E-state index < -0.39 is 15.7 Å². The topological polar surface area (TPSA) is 81.1 Å². The lowest BCUT2D eigenvalue weighted by Crippen LogP contribution is -2.13. The minimum Gasteiger partial charge on any atom is -0.322 e. The summed E-state index contributed by atoms with van der Waals surface area (Å²) < 4.78 is 25.4. The number of fused-ring (bicyclic) bond motifs is 1. The molecular weight excluding hydrogens is 410 g/mol. The molecule has 4 aromatic rings. The number of nitrogens with one attached hydrogen (secondary N) is 1. The number of imidazole rings is 1. The van der Waals surface area contributed by atoms with Crippen LogP contribution in [0.1, 0.15) is 10.4 Å². The minimum absolute atomic E-state index is 0.0365. The SMILES string of the molecule is CS(=O)(=O)c1ccc(Cl)c(C(=O)Nc2ccc(-n3cnc4ccccc43)cc2)c1. The van der Waals surface area contributed by atoms with E-state index in [1.165, 1.54) is 18.2 Å². The number of anilines is 1. The number of hydrogen-bond donors (Lipinski definition) is 1. The number of sulfone groups is 1. The standard InChI is InChI=1S/C21H16ClN3O3S/c1-29(27,28)16-10-11-18(22)17(12-16)21(26)24-14-6-8-15(9-7-14)25-13-23-19-4-2-3-5-20(19)25/h2-13H,1H3,(H,24,26). The summed E-state index contributed by atoms with van der Waals surface area (Å²) in [6.07, 6.45) is 2.82. The van der Waals surface area contributed by atoms with Crippen LogP contribution in [-0.2, 0) is 9.84 Å². The van der Waals surface area contributed by atoms with Crippen LogP contribution in [0, 0.1) is 0 Å². The molecule has 0 spiro atoms. The van der Waals surface area contributed by atoms with Gasteiger partial charge in [0, 0.05) is 17.6 Å². The first-order valence-electron chi connectivity index (χ1n) is 8.66. The molecular formula is C21H16ClN3O3S. The molecule has 1 amide bonds. The van der Waals surface area contributed by atoms with Crippen molar-refractivity contribution in [2.24, 2.45) is 0 Å². The fourth-order valence-electron chi connectivity index (χ4n) is 2.98. The Morgan fingerprint density at radius 1 is 1.03 bits per heavy atom. The van der Waals surface area contributed by atoms with Crippen LogP contribution in [-0.4, -0.2) is 30.1 Å². The zero-order valence-corrected chi connectivity index (χ0v) is 16.9. The maximum Gasteiger partial charge on any atom is 0.257 e. The van der Waals surface area contributed by atoms with Crippen molar-refractivity contribution in [1.82, 2.24) is 9.55 Å². The fourth-order valence-corrected chi connectivity index (χ4v) is 3.83. The Morgan fingerprint density at radius 3 is 2.48 bits per heavy atom. The highest BCUT2D eigenvalue weighted by molar-refractivity contribution is 7.90. The van der Waals surface area contributed by atoms with E-state index >= 15 is 0 Å². The van der Waals surface area contributed by atoms with Crippen LogP contribution >= 0.6 is 11.6 Å². The van der Waals surface area contributed by atoms with Gasteiger partial charge in [-0.05, 0) is 54.6 Å². The fraction of sp³-hybridized carbons (Fsp3) is 0.0476. The average molecular weight is 426 g/mol. The largest absolute Gasteiger partial charge is 0.322 e. The van der Waals surface area contributed by atoms with E-state index in [2.05, 4.69) is 10.3 Å². The molecule has 1 heterocycles. The molecule has 0 aliphatic rings. The lowest BCUT2D eigenvalue weighted by Gasteiger charge is -2.10. The van der Waals surface area contributed by atoms with E-state index in [9.17, 15) is 13.2 Å². The van der Waals surface area contributed by atoms with Gasteiger partial charge < -0.3 is 5.32 Å². The Bertz CT molecular complexity index is 1330. The van der Waals surface area contributed by atoms with Gasteiger partial charge in [-0.15, -0.1) is 0 Å². The molecule has 6 nitrogen and oxygen atoms in total. The summed E-state index contributed by atoms with van der Waals surface area (Å²) >= 11 is 6.09. The number of para-hydroxylation sites is 2. The van der Waals surface area contributed by atoms with Crippen LogP contribution in [0.3, 0.4) is 0 Å². The highest BCUT2D eigenvalue weighted by atomic mass is 35.5. The second kappa shape index (κ2) is 7.35. The third kappa shape index (κ3) is 3.87. The molecule has 0 unspecified atom stereocenters. The van der Waals surface area contributed by atoms with Gasteiger partial charge in [0.1, 0.15) is 6.33 Å². The van der Waals surface area contributed by atoms with Crippen molar-refractivity contribution in [3.05, 3.63) is 83.6 Å². The number of rotatable bonds is 4.